The van der Waals surface area contributed by atoms with Crippen molar-refractivity contribution in [3.8, 4) is 5.69 Å². The van der Waals surface area contributed by atoms with Crippen molar-refractivity contribution >= 4 is 5.91 Å². The molecule has 0 radical (unpaired) electrons. The first kappa shape index (κ1) is 14.8. The number of hydrogen-bond donors (Lipinski definition) is 1. The molecule has 0 saturated heterocycles. The third-order valence-electron chi connectivity index (χ3n) is 4.41. The number of aromatic nitrogens is 3. The highest BCUT2D eigenvalue weighted by Crippen LogP contribution is 2.24. The molecule has 1 aromatic carbocycles. The lowest BCUT2D eigenvalue weighted by Crippen LogP contribution is -2.41. The van der Waals surface area contributed by atoms with Gasteiger partial charge in [-0.3, -0.25) is 4.79 Å². The maximum absolute atomic E-state index is 12.5. The van der Waals surface area contributed by atoms with Gasteiger partial charge in [0.05, 0.1) is 11.4 Å². The SMILES string of the molecule is Cc1nn(-c2ccccc2)nc1C(=O)N[C@H]1CCCC[C@@H]1C. The third kappa shape index (κ3) is 3.03. The minimum Gasteiger partial charge on any atom is -0.348 e. The van der Waals surface area contributed by atoms with Gasteiger partial charge in [-0.15, -0.1) is 5.10 Å². The summed E-state index contributed by atoms with van der Waals surface area (Å²) in [5.41, 5.74) is 1.93. The molecule has 0 spiro atoms. The Bertz CT molecular complexity index is 650. The first-order valence-corrected chi connectivity index (χ1v) is 7.95. The highest BCUT2D eigenvalue weighted by Gasteiger charge is 2.25. The number of amides is 1. The highest BCUT2D eigenvalue weighted by molar-refractivity contribution is 5.93. The van der Waals surface area contributed by atoms with E-state index in [2.05, 4.69) is 22.4 Å². The smallest absolute Gasteiger partial charge is 0.273 e. The van der Waals surface area contributed by atoms with E-state index in [1.807, 2.05) is 37.3 Å². The lowest BCUT2D eigenvalue weighted by molar-refractivity contribution is 0.0904. The lowest BCUT2D eigenvalue weighted by Gasteiger charge is -2.29. The van der Waals surface area contributed by atoms with Crippen molar-refractivity contribution < 1.29 is 4.79 Å². The fraction of sp³-hybridized carbons (Fsp3) is 0.471. The van der Waals surface area contributed by atoms with Crippen LogP contribution in [0.3, 0.4) is 0 Å². The number of nitrogens with one attached hydrogen (secondary N) is 1. The van der Waals surface area contributed by atoms with Gasteiger partial charge in [-0.05, 0) is 37.8 Å². The molecule has 2 aromatic rings. The molecule has 0 aliphatic heterocycles. The molecule has 0 unspecified atom stereocenters. The average Bonchev–Trinajstić information content (AvgIpc) is 2.92. The van der Waals surface area contributed by atoms with Crippen molar-refractivity contribution in [2.75, 3.05) is 0 Å². The van der Waals surface area contributed by atoms with Crippen LogP contribution in [0.1, 0.15) is 48.8 Å². The zero-order chi connectivity index (χ0) is 15.5. The second-order valence-electron chi connectivity index (χ2n) is 6.10. The van der Waals surface area contributed by atoms with Crippen LogP contribution in [-0.2, 0) is 0 Å². The van der Waals surface area contributed by atoms with Crippen molar-refractivity contribution in [2.24, 2.45) is 5.92 Å². The Balaban J connectivity index is 1.77. The molecule has 22 heavy (non-hydrogen) atoms. The maximum Gasteiger partial charge on any atom is 0.273 e. The number of nitrogens with zero attached hydrogens (tertiary/aromatic N) is 3. The summed E-state index contributed by atoms with van der Waals surface area (Å²) in [6.45, 7) is 4.03. The Hall–Kier alpha value is -2.17. The van der Waals surface area contributed by atoms with Gasteiger partial charge >= 0.3 is 0 Å². The number of carbonyl (C=O) groups excluding carboxylic acids is 1. The van der Waals surface area contributed by atoms with E-state index in [9.17, 15) is 4.79 Å². The molecule has 2 atom stereocenters. The number of hydrogen-bond acceptors (Lipinski definition) is 3. The molecule has 0 bridgehead atoms. The van der Waals surface area contributed by atoms with E-state index < -0.39 is 0 Å². The minimum atomic E-state index is -0.113. The Labute approximate surface area is 130 Å². The zero-order valence-electron chi connectivity index (χ0n) is 13.1. The van der Waals surface area contributed by atoms with Crippen LogP contribution in [0.15, 0.2) is 30.3 Å². The molecule has 116 valence electrons. The van der Waals surface area contributed by atoms with Gasteiger partial charge in [0.15, 0.2) is 5.69 Å². The summed E-state index contributed by atoms with van der Waals surface area (Å²) in [6, 6.07) is 9.89. The van der Waals surface area contributed by atoms with Crippen LogP contribution >= 0.6 is 0 Å². The highest BCUT2D eigenvalue weighted by atomic mass is 16.2. The van der Waals surface area contributed by atoms with Crippen LogP contribution in [0.2, 0.25) is 0 Å². The predicted octanol–water partition coefficient (Wildman–Crippen LogP) is 2.88. The Morgan fingerprint density at radius 1 is 1.18 bits per heavy atom. The van der Waals surface area contributed by atoms with Gasteiger partial charge in [0.25, 0.3) is 5.91 Å². The standard InChI is InChI=1S/C17H22N4O/c1-12-8-6-7-11-15(12)18-17(22)16-13(2)19-21(20-16)14-9-4-3-5-10-14/h3-5,9-10,12,15H,6-8,11H2,1-2H3,(H,18,22)/t12-,15-/m0/s1. The van der Waals surface area contributed by atoms with Gasteiger partial charge in [-0.25, -0.2) is 0 Å². The topological polar surface area (TPSA) is 59.8 Å². The molecule has 5 heteroatoms. The van der Waals surface area contributed by atoms with E-state index in [1.54, 1.807) is 0 Å². The Kier molecular flexibility index (Phi) is 4.22. The summed E-state index contributed by atoms with van der Waals surface area (Å²) in [7, 11) is 0. The van der Waals surface area contributed by atoms with E-state index in [0.29, 0.717) is 17.3 Å². The van der Waals surface area contributed by atoms with Crippen molar-refractivity contribution in [1.29, 1.82) is 0 Å². The first-order chi connectivity index (χ1) is 10.6. The normalized spacial score (nSPS) is 21.5. The van der Waals surface area contributed by atoms with Crippen LogP contribution in [0.4, 0.5) is 0 Å². The molecule has 1 aliphatic rings. The molecular formula is C17H22N4O. The fourth-order valence-electron chi connectivity index (χ4n) is 3.03. The maximum atomic E-state index is 12.5. The predicted molar refractivity (Wildman–Crippen MR) is 85.0 cm³/mol. The Morgan fingerprint density at radius 2 is 1.91 bits per heavy atom. The van der Waals surface area contributed by atoms with E-state index in [1.165, 1.54) is 24.1 Å². The average molecular weight is 298 g/mol. The van der Waals surface area contributed by atoms with Gasteiger partial charge in [0.2, 0.25) is 0 Å². The van der Waals surface area contributed by atoms with Crippen LogP contribution in [0.25, 0.3) is 5.69 Å². The number of rotatable bonds is 3. The van der Waals surface area contributed by atoms with Crippen LogP contribution in [-0.4, -0.2) is 26.9 Å². The minimum absolute atomic E-state index is 0.113. The molecule has 1 aromatic heterocycles. The van der Waals surface area contributed by atoms with Crippen molar-refractivity contribution in [3.63, 3.8) is 0 Å². The largest absolute Gasteiger partial charge is 0.348 e. The molecule has 1 heterocycles. The van der Waals surface area contributed by atoms with Crippen LogP contribution < -0.4 is 5.32 Å². The zero-order valence-corrected chi connectivity index (χ0v) is 13.1. The van der Waals surface area contributed by atoms with Gasteiger partial charge in [0, 0.05) is 6.04 Å². The first-order valence-electron chi connectivity index (χ1n) is 7.95. The van der Waals surface area contributed by atoms with Gasteiger partial charge in [-0.2, -0.15) is 9.90 Å². The monoisotopic (exact) mass is 298 g/mol. The van der Waals surface area contributed by atoms with Crippen molar-refractivity contribution in [3.05, 3.63) is 41.7 Å². The molecular weight excluding hydrogens is 276 g/mol. The van der Waals surface area contributed by atoms with E-state index in [0.717, 1.165) is 12.1 Å². The lowest BCUT2D eigenvalue weighted by atomic mass is 9.86. The van der Waals surface area contributed by atoms with Crippen LogP contribution in [0.5, 0.6) is 0 Å². The summed E-state index contributed by atoms with van der Waals surface area (Å²) in [6.07, 6.45) is 4.68. The van der Waals surface area contributed by atoms with Gasteiger partial charge < -0.3 is 5.32 Å². The van der Waals surface area contributed by atoms with Gasteiger partial charge in [-0.1, -0.05) is 38.0 Å². The molecule has 1 fully saturated rings. The second-order valence-corrected chi connectivity index (χ2v) is 6.10. The number of aryl methyl sites for hydroxylation is 1. The molecule has 5 nitrogen and oxygen atoms in total. The molecule has 1 N–H and O–H groups in total. The molecule has 3 rings (SSSR count). The fourth-order valence-corrected chi connectivity index (χ4v) is 3.03. The number of benzene rings is 1. The molecule has 1 amide bonds. The second kappa shape index (κ2) is 6.30. The van der Waals surface area contributed by atoms with Crippen molar-refractivity contribution in [1.82, 2.24) is 20.3 Å². The Morgan fingerprint density at radius 3 is 2.64 bits per heavy atom. The third-order valence-corrected chi connectivity index (χ3v) is 4.41. The van der Waals surface area contributed by atoms with E-state index in [-0.39, 0.29) is 11.9 Å². The summed E-state index contributed by atoms with van der Waals surface area (Å²) in [4.78, 5) is 14.0. The van der Waals surface area contributed by atoms with Crippen molar-refractivity contribution in [2.45, 2.75) is 45.6 Å². The quantitative estimate of drug-likeness (QED) is 0.948. The van der Waals surface area contributed by atoms with Crippen LogP contribution in [0, 0.1) is 12.8 Å². The summed E-state index contributed by atoms with van der Waals surface area (Å²) in [5.74, 6) is 0.417. The summed E-state index contributed by atoms with van der Waals surface area (Å²) >= 11 is 0. The van der Waals surface area contributed by atoms with E-state index in [4.69, 9.17) is 0 Å². The van der Waals surface area contributed by atoms with E-state index >= 15 is 0 Å². The summed E-state index contributed by atoms with van der Waals surface area (Å²) in [5, 5.41) is 11.9. The number of carbonyl (C=O) groups is 1. The molecule has 1 saturated carbocycles. The molecule has 1 aliphatic carbocycles. The summed E-state index contributed by atoms with van der Waals surface area (Å²) < 4.78 is 0. The number of para-hydroxylation sites is 1. The van der Waals surface area contributed by atoms with Gasteiger partial charge in [0.1, 0.15) is 0 Å².